The van der Waals surface area contributed by atoms with E-state index in [1.165, 1.54) is 0 Å². The van der Waals surface area contributed by atoms with Crippen LogP contribution >= 0.6 is 0 Å². The van der Waals surface area contributed by atoms with Crippen LogP contribution in [0.25, 0.3) is 0 Å². The average molecular weight is 267 g/mol. The number of benzene rings is 2. The molecule has 20 heavy (non-hydrogen) atoms. The van der Waals surface area contributed by atoms with Crippen molar-refractivity contribution in [2.45, 2.75) is 12.3 Å². The Hall–Kier alpha value is -1.93. The third-order valence-electron chi connectivity index (χ3n) is 3.36. The van der Waals surface area contributed by atoms with E-state index in [0.717, 1.165) is 17.7 Å². The lowest BCUT2D eigenvalue weighted by atomic mass is 9.90. The van der Waals surface area contributed by atoms with E-state index in [1.54, 1.807) is 0 Å². The number of ketones is 1. The minimum absolute atomic E-state index is 0.0635. The number of rotatable bonds is 6. The minimum atomic E-state index is -0.0635. The summed E-state index contributed by atoms with van der Waals surface area (Å²) in [6, 6.07) is 20.0. The summed E-state index contributed by atoms with van der Waals surface area (Å²) in [5, 5.41) is 0. The van der Waals surface area contributed by atoms with E-state index < -0.39 is 0 Å². The summed E-state index contributed by atoms with van der Waals surface area (Å²) in [4.78, 5) is 14.7. The van der Waals surface area contributed by atoms with Crippen LogP contribution in [-0.4, -0.2) is 31.3 Å². The molecule has 0 radical (unpaired) electrons. The zero-order chi connectivity index (χ0) is 14.4. The van der Waals surface area contributed by atoms with Crippen LogP contribution in [0.3, 0.4) is 0 Å². The molecule has 0 fully saturated rings. The van der Waals surface area contributed by atoms with E-state index in [1.807, 2.05) is 74.8 Å². The second-order valence-corrected chi connectivity index (χ2v) is 5.35. The van der Waals surface area contributed by atoms with Crippen LogP contribution in [0.4, 0.5) is 0 Å². The fraction of sp³-hybridized carbons (Fsp3) is 0.278. The zero-order valence-corrected chi connectivity index (χ0v) is 12.1. The van der Waals surface area contributed by atoms with Gasteiger partial charge in [0, 0.05) is 13.0 Å². The Morgan fingerprint density at radius 1 is 0.950 bits per heavy atom. The minimum Gasteiger partial charge on any atom is -0.308 e. The van der Waals surface area contributed by atoms with Gasteiger partial charge in [0.05, 0.1) is 5.92 Å². The first kappa shape index (κ1) is 14.5. The quantitative estimate of drug-likeness (QED) is 0.801. The predicted molar refractivity (Wildman–Crippen MR) is 82.9 cm³/mol. The number of likely N-dealkylation sites (N-methyl/N-ethyl adjacent to an activating group) is 1. The van der Waals surface area contributed by atoms with Crippen molar-refractivity contribution in [3.05, 3.63) is 71.8 Å². The highest BCUT2D eigenvalue weighted by Crippen LogP contribution is 2.19. The Bertz CT molecular complexity index is 534. The normalized spacial score (nSPS) is 12.3. The number of nitrogens with zero attached hydrogens (tertiary/aromatic N) is 1. The van der Waals surface area contributed by atoms with Gasteiger partial charge in [-0.1, -0.05) is 60.7 Å². The molecule has 0 bridgehead atoms. The molecule has 0 N–H and O–H groups in total. The third-order valence-corrected chi connectivity index (χ3v) is 3.36. The monoisotopic (exact) mass is 267 g/mol. The van der Waals surface area contributed by atoms with Gasteiger partial charge in [-0.3, -0.25) is 4.79 Å². The molecule has 0 spiro atoms. The number of Topliss-reactive ketones (excluding diaryl/α,β-unsaturated/α-hetero) is 1. The van der Waals surface area contributed by atoms with Crippen molar-refractivity contribution in [3.8, 4) is 0 Å². The summed E-state index contributed by atoms with van der Waals surface area (Å²) in [7, 11) is 4.01. The average Bonchev–Trinajstić information content (AvgIpc) is 2.46. The first-order valence-corrected chi connectivity index (χ1v) is 6.93. The van der Waals surface area contributed by atoms with Crippen LogP contribution in [0.15, 0.2) is 60.7 Å². The summed E-state index contributed by atoms with van der Waals surface area (Å²) in [5.41, 5.74) is 2.18. The van der Waals surface area contributed by atoms with E-state index in [2.05, 4.69) is 4.90 Å². The molecular formula is C18H21NO. The van der Waals surface area contributed by atoms with Crippen molar-refractivity contribution >= 4 is 5.78 Å². The first-order chi connectivity index (χ1) is 9.66. The van der Waals surface area contributed by atoms with Gasteiger partial charge in [0.25, 0.3) is 0 Å². The van der Waals surface area contributed by atoms with Crippen LogP contribution in [0.5, 0.6) is 0 Å². The predicted octanol–water partition coefficient (Wildman–Crippen LogP) is 3.14. The van der Waals surface area contributed by atoms with E-state index in [-0.39, 0.29) is 11.7 Å². The lowest BCUT2D eigenvalue weighted by Crippen LogP contribution is -2.27. The van der Waals surface area contributed by atoms with Gasteiger partial charge >= 0.3 is 0 Å². The van der Waals surface area contributed by atoms with Crippen molar-refractivity contribution in [2.24, 2.45) is 0 Å². The molecule has 0 unspecified atom stereocenters. The van der Waals surface area contributed by atoms with Crippen molar-refractivity contribution in [2.75, 3.05) is 20.6 Å². The molecular weight excluding hydrogens is 246 g/mol. The van der Waals surface area contributed by atoms with Gasteiger partial charge in [-0.2, -0.15) is 0 Å². The summed E-state index contributed by atoms with van der Waals surface area (Å²) >= 11 is 0. The molecule has 0 heterocycles. The summed E-state index contributed by atoms with van der Waals surface area (Å²) in [6.45, 7) is 0.746. The summed E-state index contributed by atoms with van der Waals surface area (Å²) < 4.78 is 0. The van der Waals surface area contributed by atoms with E-state index >= 15 is 0 Å². The molecule has 2 rings (SSSR count). The molecule has 2 nitrogen and oxygen atoms in total. The highest BCUT2D eigenvalue weighted by atomic mass is 16.1. The summed E-state index contributed by atoms with van der Waals surface area (Å²) in [6.07, 6.45) is 0.494. The number of carbonyl (C=O) groups is 1. The van der Waals surface area contributed by atoms with E-state index in [0.29, 0.717) is 6.42 Å². The number of hydrogen-bond donors (Lipinski definition) is 0. The molecule has 0 aliphatic carbocycles. The highest BCUT2D eigenvalue weighted by molar-refractivity contribution is 5.87. The molecule has 2 aromatic rings. The zero-order valence-electron chi connectivity index (χ0n) is 12.1. The van der Waals surface area contributed by atoms with E-state index in [9.17, 15) is 4.79 Å². The van der Waals surface area contributed by atoms with Gasteiger partial charge in [-0.05, 0) is 25.2 Å². The largest absolute Gasteiger partial charge is 0.308 e. The van der Waals surface area contributed by atoms with Crippen LogP contribution in [0.2, 0.25) is 0 Å². The van der Waals surface area contributed by atoms with E-state index in [4.69, 9.17) is 0 Å². The van der Waals surface area contributed by atoms with Crippen molar-refractivity contribution in [1.82, 2.24) is 4.90 Å². The molecule has 0 saturated heterocycles. The van der Waals surface area contributed by atoms with Crippen molar-refractivity contribution < 1.29 is 4.79 Å². The molecule has 0 aliphatic rings. The number of carbonyl (C=O) groups excluding carboxylic acids is 1. The van der Waals surface area contributed by atoms with Crippen LogP contribution in [-0.2, 0) is 11.2 Å². The summed E-state index contributed by atoms with van der Waals surface area (Å²) in [5.74, 6) is 0.211. The smallest absolute Gasteiger partial charge is 0.145 e. The van der Waals surface area contributed by atoms with Crippen LogP contribution < -0.4 is 0 Å². The molecule has 1 atom stereocenters. The number of hydrogen-bond acceptors (Lipinski definition) is 2. The Labute approximate surface area is 121 Å². The lowest BCUT2D eigenvalue weighted by molar-refractivity contribution is -0.120. The maximum absolute atomic E-state index is 12.6. The van der Waals surface area contributed by atoms with Gasteiger partial charge in [0.15, 0.2) is 0 Å². The van der Waals surface area contributed by atoms with Gasteiger partial charge in [0.1, 0.15) is 5.78 Å². The Kier molecular flexibility index (Phi) is 5.08. The Morgan fingerprint density at radius 3 is 2.05 bits per heavy atom. The molecule has 0 amide bonds. The second kappa shape index (κ2) is 7.01. The maximum atomic E-state index is 12.6. The van der Waals surface area contributed by atoms with Gasteiger partial charge in [-0.15, -0.1) is 0 Å². The van der Waals surface area contributed by atoms with Crippen LogP contribution in [0.1, 0.15) is 17.0 Å². The molecule has 0 saturated carbocycles. The Balaban J connectivity index is 2.16. The fourth-order valence-corrected chi connectivity index (χ4v) is 2.36. The van der Waals surface area contributed by atoms with Gasteiger partial charge in [0.2, 0.25) is 0 Å². The third kappa shape index (κ3) is 4.04. The first-order valence-electron chi connectivity index (χ1n) is 6.93. The molecule has 104 valence electrons. The molecule has 2 aromatic carbocycles. The molecule has 2 heteroatoms. The Morgan fingerprint density at radius 2 is 1.50 bits per heavy atom. The highest BCUT2D eigenvalue weighted by Gasteiger charge is 2.21. The lowest BCUT2D eigenvalue weighted by Gasteiger charge is -2.20. The van der Waals surface area contributed by atoms with Crippen molar-refractivity contribution in [3.63, 3.8) is 0 Å². The standard InChI is InChI=1S/C18H21NO/c1-19(2)14-17(16-11-7-4-8-12-16)18(20)13-15-9-5-3-6-10-15/h3-12,17H,13-14H2,1-2H3/t17-/m0/s1. The SMILES string of the molecule is CN(C)C[C@H](C(=O)Cc1ccccc1)c1ccccc1. The van der Waals surface area contributed by atoms with Crippen LogP contribution in [0, 0.1) is 0 Å². The fourth-order valence-electron chi connectivity index (χ4n) is 2.36. The van der Waals surface area contributed by atoms with Crippen molar-refractivity contribution in [1.29, 1.82) is 0 Å². The topological polar surface area (TPSA) is 20.3 Å². The molecule has 0 aliphatic heterocycles. The van der Waals surface area contributed by atoms with Gasteiger partial charge < -0.3 is 4.90 Å². The van der Waals surface area contributed by atoms with Gasteiger partial charge in [-0.25, -0.2) is 0 Å². The second-order valence-electron chi connectivity index (χ2n) is 5.35. The molecule has 0 aromatic heterocycles. The maximum Gasteiger partial charge on any atom is 0.145 e.